The van der Waals surface area contributed by atoms with Gasteiger partial charge in [0.2, 0.25) is 0 Å². The second-order valence-electron chi connectivity index (χ2n) is 8.35. The van der Waals surface area contributed by atoms with Crippen LogP contribution in [0.4, 0.5) is 5.69 Å². The van der Waals surface area contributed by atoms with Crippen molar-refractivity contribution >= 4 is 16.5 Å². The van der Waals surface area contributed by atoms with Crippen LogP contribution >= 0.6 is 0 Å². The molecule has 1 aliphatic rings. The van der Waals surface area contributed by atoms with E-state index in [1.54, 1.807) is 13.3 Å². The number of hydrogen-bond donors (Lipinski definition) is 0. The van der Waals surface area contributed by atoms with Gasteiger partial charge in [0, 0.05) is 48.3 Å². The molecule has 0 N–H and O–H groups in total. The molecular formula is C26H28N4O3. The van der Waals surface area contributed by atoms with Gasteiger partial charge in [-0.2, -0.15) is 9.78 Å². The van der Waals surface area contributed by atoms with Gasteiger partial charge in [-0.05, 0) is 62.7 Å². The lowest BCUT2D eigenvalue weighted by Crippen LogP contribution is -2.36. The van der Waals surface area contributed by atoms with Crippen molar-refractivity contribution < 1.29 is 9.47 Å². The van der Waals surface area contributed by atoms with Gasteiger partial charge in [-0.25, -0.2) is 0 Å². The standard InChI is InChI=1S/C26H28N4O3/c1-18-24-17-27-30(20-8-10-23(11-9-20)33-15-14-32-3)26(31)25(24)19(2)29(18)22-7-4-6-21(16-22)28-12-5-13-28/h4,6-11,16-17H,5,12-15H2,1-3H3. The molecule has 2 aromatic carbocycles. The minimum Gasteiger partial charge on any atom is -0.491 e. The van der Waals surface area contributed by atoms with Crippen LogP contribution in [0.3, 0.4) is 0 Å². The van der Waals surface area contributed by atoms with E-state index < -0.39 is 0 Å². The highest BCUT2D eigenvalue weighted by Gasteiger charge is 2.19. The lowest BCUT2D eigenvalue weighted by molar-refractivity contribution is 0.146. The molecule has 0 aliphatic carbocycles. The fourth-order valence-electron chi connectivity index (χ4n) is 4.46. The minimum atomic E-state index is -0.126. The first kappa shape index (κ1) is 21.3. The van der Waals surface area contributed by atoms with E-state index in [9.17, 15) is 4.79 Å². The quantitative estimate of drug-likeness (QED) is 0.403. The maximum absolute atomic E-state index is 13.5. The van der Waals surface area contributed by atoms with Crippen LogP contribution in [0.1, 0.15) is 17.8 Å². The second kappa shape index (κ2) is 8.75. The molecule has 0 radical (unpaired) electrons. The van der Waals surface area contributed by atoms with Gasteiger partial charge in [-0.15, -0.1) is 0 Å². The Morgan fingerprint density at radius 1 is 0.939 bits per heavy atom. The fraction of sp³-hybridized carbons (Fsp3) is 0.308. The first-order valence-electron chi connectivity index (χ1n) is 11.3. The summed E-state index contributed by atoms with van der Waals surface area (Å²) in [7, 11) is 1.64. The lowest BCUT2D eigenvalue weighted by atomic mass is 10.1. The molecule has 2 aromatic heterocycles. The second-order valence-corrected chi connectivity index (χ2v) is 8.35. The van der Waals surface area contributed by atoms with E-state index in [2.05, 4.69) is 38.8 Å². The predicted octanol–water partition coefficient (Wildman–Crippen LogP) is 4.03. The van der Waals surface area contributed by atoms with Crippen LogP contribution in [0.2, 0.25) is 0 Å². The Bertz CT molecular complexity index is 1350. The maximum atomic E-state index is 13.5. The van der Waals surface area contributed by atoms with E-state index in [1.807, 2.05) is 38.1 Å². The molecule has 0 amide bonds. The molecule has 0 spiro atoms. The van der Waals surface area contributed by atoms with Gasteiger partial charge in [0.15, 0.2) is 0 Å². The lowest BCUT2D eigenvalue weighted by Gasteiger charge is -2.33. The predicted molar refractivity (Wildman–Crippen MR) is 130 cm³/mol. The normalized spacial score (nSPS) is 13.4. The molecule has 1 fully saturated rings. The van der Waals surface area contributed by atoms with E-state index in [0.717, 1.165) is 41.3 Å². The van der Waals surface area contributed by atoms with Gasteiger partial charge >= 0.3 is 0 Å². The summed E-state index contributed by atoms with van der Waals surface area (Å²) >= 11 is 0. The molecule has 5 rings (SSSR count). The van der Waals surface area contributed by atoms with Gasteiger partial charge in [0.1, 0.15) is 12.4 Å². The summed E-state index contributed by atoms with van der Waals surface area (Å²) in [5.74, 6) is 0.727. The molecule has 1 saturated heterocycles. The van der Waals surface area contributed by atoms with E-state index >= 15 is 0 Å². The SMILES string of the molecule is COCCOc1ccc(-n2ncc3c(C)n(-c4cccc(N5CCC5)c4)c(C)c3c2=O)cc1. The monoisotopic (exact) mass is 444 g/mol. The summed E-state index contributed by atoms with van der Waals surface area (Å²) in [4.78, 5) is 15.9. The van der Waals surface area contributed by atoms with Crippen LogP contribution in [-0.4, -0.2) is 47.8 Å². The molecule has 170 valence electrons. The highest BCUT2D eigenvalue weighted by molar-refractivity contribution is 5.88. The van der Waals surface area contributed by atoms with Crippen molar-refractivity contribution in [2.45, 2.75) is 20.3 Å². The highest BCUT2D eigenvalue weighted by atomic mass is 16.5. The molecule has 0 bridgehead atoms. The van der Waals surface area contributed by atoms with Crippen LogP contribution in [-0.2, 0) is 4.74 Å². The number of anilines is 1. The average Bonchev–Trinajstić information content (AvgIpc) is 3.04. The molecule has 0 saturated carbocycles. The van der Waals surface area contributed by atoms with Crippen molar-refractivity contribution in [2.24, 2.45) is 0 Å². The number of rotatable bonds is 7. The topological polar surface area (TPSA) is 61.5 Å². The zero-order chi connectivity index (χ0) is 22.9. The molecule has 7 heteroatoms. The zero-order valence-electron chi connectivity index (χ0n) is 19.2. The Hall–Kier alpha value is -3.58. The fourth-order valence-corrected chi connectivity index (χ4v) is 4.46. The molecule has 33 heavy (non-hydrogen) atoms. The Balaban J connectivity index is 1.54. The van der Waals surface area contributed by atoms with Crippen LogP contribution in [0.25, 0.3) is 22.1 Å². The molecule has 3 heterocycles. The Kier molecular flexibility index (Phi) is 5.64. The van der Waals surface area contributed by atoms with Crippen LogP contribution in [0.5, 0.6) is 5.75 Å². The Morgan fingerprint density at radius 3 is 2.39 bits per heavy atom. The number of fused-ring (bicyclic) bond motifs is 1. The number of hydrogen-bond acceptors (Lipinski definition) is 5. The molecule has 7 nitrogen and oxygen atoms in total. The molecule has 0 atom stereocenters. The smallest absolute Gasteiger partial charge is 0.281 e. The number of aromatic nitrogens is 3. The van der Waals surface area contributed by atoms with Crippen molar-refractivity contribution in [3.63, 3.8) is 0 Å². The van der Waals surface area contributed by atoms with Crippen molar-refractivity contribution in [1.82, 2.24) is 14.3 Å². The maximum Gasteiger partial charge on any atom is 0.281 e. The minimum absolute atomic E-state index is 0.126. The van der Waals surface area contributed by atoms with Gasteiger partial charge in [-0.3, -0.25) is 4.79 Å². The first-order valence-corrected chi connectivity index (χ1v) is 11.3. The molecule has 4 aromatic rings. The summed E-state index contributed by atoms with van der Waals surface area (Å²) in [5, 5.41) is 6.05. The van der Waals surface area contributed by atoms with E-state index in [4.69, 9.17) is 9.47 Å². The average molecular weight is 445 g/mol. The van der Waals surface area contributed by atoms with Crippen LogP contribution < -0.4 is 15.2 Å². The number of methoxy groups -OCH3 is 1. The number of aryl methyl sites for hydroxylation is 2. The van der Waals surface area contributed by atoms with Crippen LogP contribution in [0, 0.1) is 13.8 Å². The van der Waals surface area contributed by atoms with Gasteiger partial charge < -0.3 is 18.9 Å². The highest BCUT2D eigenvalue weighted by Crippen LogP contribution is 2.29. The largest absolute Gasteiger partial charge is 0.491 e. The summed E-state index contributed by atoms with van der Waals surface area (Å²) in [6.45, 7) is 7.24. The molecule has 1 aliphatic heterocycles. The van der Waals surface area contributed by atoms with Crippen molar-refractivity contribution in [1.29, 1.82) is 0 Å². The van der Waals surface area contributed by atoms with Crippen molar-refractivity contribution in [3.8, 4) is 17.1 Å². The van der Waals surface area contributed by atoms with Gasteiger partial charge in [0.05, 0.1) is 23.9 Å². The Labute approximate surface area is 192 Å². The van der Waals surface area contributed by atoms with E-state index in [1.165, 1.54) is 16.8 Å². The number of ether oxygens (including phenoxy) is 2. The Morgan fingerprint density at radius 2 is 1.70 bits per heavy atom. The third-order valence-electron chi connectivity index (χ3n) is 6.35. The summed E-state index contributed by atoms with van der Waals surface area (Å²) in [5.41, 5.74) is 4.79. The number of nitrogens with zero attached hydrogens (tertiary/aromatic N) is 4. The third kappa shape index (κ3) is 3.78. The van der Waals surface area contributed by atoms with Crippen molar-refractivity contribution in [3.05, 3.63) is 76.5 Å². The van der Waals surface area contributed by atoms with E-state index in [0.29, 0.717) is 24.3 Å². The van der Waals surface area contributed by atoms with Gasteiger partial charge in [0.25, 0.3) is 5.56 Å². The summed E-state index contributed by atoms with van der Waals surface area (Å²) < 4.78 is 14.2. The molecule has 0 unspecified atom stereocenters. The van der Waals surface area contributed by atoms with Crippen molar-refractivity contribution in [2.75, 3.05) is 38.3 Å². The summed E-state index contributed by atoms with van der Waals surface area (Å²) in [6.07, 6.45) is 3.03. The number of benzene rings is 2. The third-order valence-corrected chi connectivity index (χ3v) is 6.35. The van der Waals surface area contributed by atoms with E-state index in [-0.39, 0.29) is 5.56 Å². The van der Waals surface area contributed by atoms with Gasteiger partial charge in [-0.1, -0.05) is 6.07 Å². The zero-order valence-corrected chi connectivity index (χ0v) is 19.2. The molecular weight excluding hydrogens is 416 g/mol. The van der Waals surface area contributed by atoms with Crippen LogP contribution in [0.15, 0.2) is 59.5 Å². The first-order chi connectivity index (χ1) is 16.1. The summed E-state index contributed by atoms with van der Waals surface area (Å²) in [6, 6.07) is 15.9.